The molecule has 5 nitrogen and oxygen atoms in total. The Morgan fingerprint density at radius 1 is 0.742 bits per heavy atom. The first-order valence-corrected chi connectivity index (χ1v) is 9.95. The van der Waals surface area contributed by atoms with Crippen molar-refractivity contribution >= 4 is 11.6 Å². The van der Waals surface area contributed by atoms with Gasteiger partial charge >= 0.3 is 0 Å². The van der Waals surface area contributed by atoms with Crippen LogP contribution in [0.25, 0.3) is 0 Å². The molecule has 3 aromatic rings. The molecular weight excluding hydrogens is 392 g/mol. The van der Waals surface area contributed by atoms with Crippen LogP contribution >= 0.6 is 0 Å². The summed E-state index contributed by atoms with van der Waals surface area (Å²) in [7, 11) is 3.16. The molecule has 0 atom stereocenters. The number of para-hydroxylation sites is 1. The topological polar surface area (TPSA) is 72.8 Å². The number of ketones is 2. The fourth-order valence-electron chi connectivity index (χ4n) is 3.14. The van der Waals surface area contributed by atoms with E-state index in [9.17, 15) is 9.59 Å². The lowest BCUT2D eigenvalue weighted by Gasteiger charge is -2.12. The molecule has 5 heteroatoms. The van der Waals surface area contributed by atoms with Gasteiger partial charge < -0.3 is 14.6 Å². The normalized spacial score (nSPS) is 9.94. The SMILES string of the molecule is CC(=O)Cc1ccccc1CO.COc1cccc(CC(=O)c2ccccc2)c1OC. The Kier molecular flexibility index (Phi) is 9.46. The third-order valence-corrected chi connectivity index (χ3v) is 4.66. The van der Waals surface area contributed by atoms with Crippen molar-refractivity contribution in [3.8, 4) is 11.5 Å². The highest BCUT2D eigenvalue weighted by Crippen LogP contribution is 2.31. The van der Waals surface area contributed by atoms with E-state index in [1.165, 1.54) is 0 Å². The van der Waals surface area contributed by atoms with Crippen LogP contribution in [0.1, 0.15) is 34.0 Å². The van der Waals surface area contributed by atoms with Crippen molar-refractivity contribution in [3.63, 3.8) is 0 Å². The predicted octanol–water partition coefficient (Wildman–Crippen LogP) is 4.44. The smallest absolute Gasteiger partial charge is 0.167 e. The van der Waals surface area contributed by atoms with Crippen molar-refractivity contribution in [3.05, 3.63) is 95.1 Å². The fourth-order valence-corrected chi connectivity index (χ4v) is 3.14. The quantitative estimate of drug-likeness (QED) is 0.546. The Labute approximate surface area is 183 Å². The molecule has 0 saturated carbocycles. The van der Waals surface area contributed by atoms with E-state index < -0.39 is 0 Å². The van der Waals surface area contributed by atoms with E-state index in [1.54, 1.807) is 21.1 Å². The van der Waals surface area contributed by atoms with Gasteiger partial charge in [0, 0.05) is 24.0 Å². The first kappa shape index (κ1) is 23.8. The standard InChI is InChI=1S/C16H16O3.C10H12O2/c1-18-15-10-6-9-13(16(15)19-2)11-14(17)12-7-4-3-5-8-12;1-8(12)6-9-4-2-3-5-10(9)7-11/h3-10H,11H2,1-2H3;2-5,11H,6-7H2,1H3. The van der Waals surface area contributed by atoms with Gasteiger partial charge in [0.2, 0.25) is 0 Å². The van der Waals surface area contributed by atoms with Crippen LogP contribution in [0.3, 0.4) is 0 Å². The summed E-state index contributed by atoms with van der Waals surface area (Å²) in [5.74, 6) is 1.44. The van der Waals surface area contributed by atoms with Gasteiger partial charge in [0.05, 0.1) is 20.8 Å². The van der Waals surface area contributed by atoms with Gasteiger partial charge in [0.15, 0.2) is 17.3 Å². The highest BCUT2D eigenvalue weighted by molar-refractivity contribution is 5.97. The molecular formula is C26H28O5. The zero-order valence-electron chi connectivity index (χ0n) is 18.1. The summed E-state index contributed by atoms with van der Waals surface area (Å²) in [6.45, 7) is 1.55. The van der Waals surface area contributed by atoms with Crippen LogP contribution in [0.2, 0.25) is 0 Å². The molecule has 0 aliphatic carbocycles. The van der Waals surface area contributed by atoms with Crippen molar-refractivity contribution in [1.29, 1.82) is 0 Å². The summed E-state index contributed by atoms with van der Waals surface area (Å²) in [5, 5.41) is 8.92. The Morgan fingerprint density at radius 2 is 1.35 bits per heavy atom. The summed E-state index contributed by atoms with van der Waals surface area (Å²) >= 11 is 0. The highest BCUT2D eigenvalue weighted by Gasteiger charge is 2.13. The lowest BCUT2D eigenvalue weighted by atomic mass is 10.0. The number of aliphatic hydroxyl groups excluding tert-OH is 1. The van der Waals surface area contributed by atoms with Gasteiger partial charge in [-0.25, -0.2) is 0 Å². The third-order valence-electron chi connectivity index (χ3n) is 4.66. The molecule has 0 aliphatic heterocycles. The summed E-state index contributed by atoms with van der Waals surface area (Å²) in [6, 6.07) is 22.2. The summed E-state index contributed by atoms with van der Waals surface area (Å²) < 4.78 is 10.6. The molecule has 31 heavy (non-hydrogen) atoms. The number of benzene rings is 3. The molecule has 0 fully saturated rings. The minimum atomic E-state index is 0.00343. The lowest BCUT2D eigenvalue weighted by molar-refractivity contribution is -0.116. The second-order valence-electron chi connectivity index (χ2n) is 6.92. The predicted molar refractivity (Wildman–Crippen MR) is 121 cm³/mol. The largest absolute Gasteiger partial charge is 0.493 e. The van der Waals surface area contributed by atoms with Crippen molar-refractivity contribution in [2.24, 2.45) is 0 Å². The number of ether oxygens (including phenoxy) is 2. The average Bonchev–Trinajstić information content (AvgIpc) is 2.79. The van der Waals surface area contributed by atoms with Gasteiger partial charge in [-0.05, 0) is 24.1 Å². The van der Waals surface area contributed by atoms with E-state index in [-0.39, 0.29) is 18.2 Å². The van der Waals surface area contributed by atoms with Gasteiger partial charge in [0.1, 0.15) is 5.78 Å². The molecule has 0 aliphatic rings. The van der Waals surface area contributed by atoms with E-state index in [2.05, 4.69) is 0 Å². The van der Waals surface area contributed by atoms with E-state index in [0.29, 0.717) is 29.9 Å². The molecule has 0 heterocycles. The number of aliphatic hydroxyl groups is 1. The molecule has 1 N–H and O–H groups in total. The summed E-state index contributed by atoms with van der Waals surface area (Å²) in [5.41, 5.74) is 3.29. The van der Waals surface area contributed by atoms with E-state index >= 15 is 0 Å². The molecule has 162 valence electrons. The maximum absolute atomic E-state index is 12.2. The van der Waals surface area contributed by atoms with Crippen molar-refractivity contribution < 1.29 is 24.2 Å². The van der Waals surface area contributed by atoms with E-state index in [0.717, 1.165) is 16.7 Å². The molecule has 3 aromatic carbocycles. The zero-order valence-corrected chi connectivity index (χ0v) is 18.1. The molecule has 0 radical (unpaired) electrons. The van der Waals surface area contributed by atoms with Gasteiger partial charge in [0.25, 0.3) is 0 Å². The van der Waals surface area contributed by atoms with E-state index in [4.69, 9.17) is 14.6 Å². The minimum Gasteiger partial charge on any atom is -0.493 e. The van der Waals surface area contributed by atoms with Crippen LogP contribution < -0.4 is 9.47 Å². The molecule has 0 bridgehead atoms. The number of hydrogen-bond acceptors (Lipinski definition) is 5. The molecule has 0 amide bonds. The van der Waals surface area contributed by atoms with Crippen molar-refractivity contribution in [2.75, 3.05) is 14.2 Å². The third kappa shape index (κ3) is 7.08. The second kappa shape index (κ2) is 12.3. The molecule has 0 spiro atoms. The maximum atomic E-state index is 12.2. The molecule has 0 unspecified atom stereocenters. The second-order valence-corrected chi connectivity index (χ2v) is 6.92. The number of hydrogen-bond donors (Lipinski definition) is 1. The van der Waals surface area contributed by atoms with Crippen LogP contribution in [-0.4, -0.2) is 30.9 Å². The lowest BCUT2D eigenvalue weighted by Crippen LogP contribution is -2.05. The monoisotopic (exact) mass is 420 g/mol. The fraction of sp³-hybridized carbons (Fsp3) is 0.231. The Hall–Kier alpha value is -3.44. The van der Waals surface area contributed by atoms with Gasteiger partial charge in [-0.15, -0.1) is 0 Å². The Balaban J connectivity index is 0.000000245. The van der Waals surface area contributed by atoms with Gasteiger partial charge in [-0.1, -0.05) is 66.7 Å². The Morgan fingerprint density at radius 3 is 1.94 bits per heavy atom. The van der Waals surface area contributed by atoms with Crippen LogP contribution in [0.5, 0.6) is 11.5 Å². The Bertz CT molecular complexity index is 996. The number of methoxy groups -OCH3 is 2. The van der Waals surface area contributed by atoms with Crippen LogP contribution in [0.4, 0.5) is 0 Å². The molecule has 3 rings (SSSR count). The maximum Gasteiger partial charge on any atom is 0.167 e. The first-order valence-electron chi connectivity index (χ1n) is 9.95. The summed E-state index contributed by atoms with van der Waals surface area (Å²) in [6.07, 6.45) is 0.709. The minimum absolute atomic E-state index is 0.00343. The highest BCUT2D eigenvalue weighted by atomic mass is 16.5. The van der Waals surface area contributed by atoms with Crippen molar-refractivity contribution in [2.45, 2.75) is 26.4 Å². The average molecular weight is 421 g/mol. The zero-order chi connectivity index (χ0) is 22.6. The van der Waals surface area contributed by atoms with Crippen LogP contribution in [0.15, 0.2) is 72.8 Å². The first-order chi connectivity index (χ1) is 15.0. The number of carbonyl (C=O) groups is 2. The van der Waals surface area contributed by atoms with Crippen molar-refractivity contribution in [1.82, 2.24) is 0 Å². The number of carbonyl (C=O) groups excluding carboxylic acids is 2. The summed E-state index contributed by atoms with van der Waals surface area (Å²) in [4.78, 5) is 23.0. The number of rotatable bonds is 8. The number of Topliss-reactive ketones (excluding diaryl/α,β-unsaturated/α-hetero) is 2. The molecule has 0 saturated heterocycles. The van der Waals surface area contributed by atoms with Gasteiger partial charge in [-0.3, -0.25) is 9.59 Å². The van der Waals surface area contributed by atoms with Gasteiger partial charge in [-0.2, -0.15) is 0 Å². The molecule has 0 aromatic heterocycles. The van der Waals surface area contributed by atoms with Crippen LogP contribution in [0, 0.1) is 0 Å². The van der Waals surface area contributed by atoms with E-state index in [1.807, 2.05) is 72.8 Å². The van der Waals surface area contributed by atoms with Crippen LogP contribution in [-0.2, 0) is 24.2 Å².